The zero-order valence-corrected chi connectivity index (χ0v) is 13.5. The molecule has 2 heterocycles. The number of aryl methyl sites for hydroxylation is 1. The SMILES string of the molecule is CCn1c(NNC(=O)c2scnc2C)nc2ccccc2c1=O. The first-order valence-electron chi connectivity index (χ1n) is 7.07. The molecule has 7 nitrogen and oxygen atoms in total. The summed E-state index contributed by atoms with van der Waals surface area (Å²) >= 11 is 1.26. The average molecular weight is 329 g/mol. The van der Waals surface area contributed by atoms with Gasteiger partial charge in [-0.05, 0) is 26.0 Å². The number of thiazole rings is 1. The number of aromatic nitrogens is 3. The van der Waals surface area contributed by atoms with Crippen molar-refractivity contribution in [2.75, 3.05) is 5.43 Å². The van der Waals surface area contributed by atoms with Gasteiger partial charge in [0.25, 0.3) is 11.5 Å². The lowest BCUT2D eigenvalue weighted by molar-refractivity contribution is 0.0965. The molecular formula is C15H15N5O2S. The second-order valence-corrected chi connectivity index (χ2v) is 5.70. The summed E-state index contributed by atoms with van der Waals surface area (Å²) in [5.74, 6) is -0.0122. The van der Waals surface area contributed by atoms with Crippen LogP contribution in [-0.4, -0.2) is 20.4 Å². The van der Waals surface area contributed by atoms with Gasteiger partial charge in [0.2, 0.25) is 5.95 Å². The van der Waals surface area contributed by atoms with Crippen molar-refractivity contribution in [1.29, 1.82) is 0 Å². The second kappa shape index (κ2) is 6.17. The zero-order chi connectivity index (χ0) is 16.4. The van der Waals surface area contributed by atoms with Crippen molar-refractivity contribution < 1.29 is 4.79 Å². The number of hydrazine groups is 1. The van der Waals surface area contributed by atoms with Crippen LogP contribution in [0.5, 0.6) is 0 Å². The number of hydrogen-bond donors (Lipinski definition) is 2. The van der Waals surface area contributed by atoms with Crippen LogP contribution < -0.4 is 16.4 Å². The van der Waals surface area contributed by atoms with E-state index in [4.69, 9.17) is 0 Å². The Bertz CT molecular complexity index is 931. The number of hydrogen-bond acceptors (Lipinski definition) is 6. The summed E-state index contributed by atoms with van der Waals surface area (Å²) in [5, 5.41) is 0.546. The van der Waals surface area contributed by atoms with E-state index in [0.29, 0.717) is 34.0 Å². The lowest BCUT2D eigenvalue weighted by atomic mass is 10.2. The van der Waals surface area contributed by atoms with Crippen LogP contribution in [0.3, 0.4) is 0 Å². The fraction of sp³-hybridized carbons (Fsp3) is 0.200. The van der Waals surface area contributed by atoms with Gasteiger partial charge in [0.1, 0.15) is 4.88 Å². The standard InChI is InChI=1S/C15H15N5O2S/c1-3-20-14(22)10-6-4-5-7-11(10)17-15(20)19-18-13(21)12-9(2)16-8-23-12/h4-8H,3H2,1-2H3,(H,17,19)(H,18,21). The van der Waals surface area contributed by atoms with Crippen LogP contribution in [0.15, 0.2) is 34.6 Å². The lowest BCUT2D eigenvalue weighted by Crippen LogP contribution is -2.34. The van der Waals surface area contributed by atoms with Crippen molar-refractivity contribution in [3.8, 4) is 0 Å². The van der Waals surface area contributed by atoms with Gasteiger partial charge < -0.3 is 0 Å². The molecule has 0 bridgehead atoms. The Morgan fingerprint density at radius 3 is 2.83 bits per heavy atom. The minimum absolute atomic E-state index is 0.149. The first-order chi connectivity index (χ1) is 11.1. The maximum absolute atomic E-state index is 12.5. The number of nitrogens with zero attached hydrogens (tertiary/aromatic N) is 3. The van der Waals surface area contributed by atoms with E-state index in [0.717, 1.165) is 0 Å². The highest BCUT2D eigenvalue weighted by Crippen LogP contribution is 2.13. The van der Waals surface area contributed by atoms with Crippen molar-refractivity contribution in [2.24, 2.45) is 0 Å². The summed E-state index contributed by atoms with van der Waals surface area (Å²) in [4.78, 5) is 33.6. The predicted octanol–water partition coefficient (Wildman–Crippen LogP) is 1.94. The maximum Gasteiger partial charge on any atom is 0.281 e. The molecule has 0 radical (unpaired) electrons. The summed E-state index contributed by atoms with van der Waals surface area (Å²) in [6.07, 6.45) is 0. The first-order valence-corrected chi connectivity index (χ1v) is 7.95. The first kappa shape index (κ1) is 15.2. The van der Waals surface area contributed by atoms with Crippen LogP contribution in [-0.2, 0) is 6.54 Å². The zero-order valence-electron chi connectivity index (χ0n) is 12.7. The average Bonchev–Trinajstić information content (AvgIpc) is 2.99. The molecule has 0 fully saturated rings. The van der Waals surface area contributed by atoms with Gasteiger partial charge in [0.05, 0.1) is 22.1 Å². The van der Waals surface area contributed by atoms with Crippen molar-refractivity contribution in [2.45, 2.75) is 20.4 Å². The number of anilines is 1. The van der Waals surface area contributed by atoms with Gasteiger partial charge >= 0.3 is 0 Å². The maximum atomic E-state index is 12.5. The number of para-hydroxylation sites is 1. The van der Waals surface area contributed by atoms with E-state index in [9.17, 15) is 9.59 Å². The molecular weight excluding hydrogens is 314 g/mol. The third-order valence-electron chi connectivity index (χ3n) is 3.42. The molecule has 0 spiro atoms. The van der Waals surface area contributed by atoms with Crippen LogP contribution in [0.2, 0.25) is 0 Å². The van der Waals surface area contributed by atoms with Crippen molar-refractivity contribution >= 4 is 34.1 Å². The minimum atomic E-state index is -0.310. The van der Waals surface area contributed by atoms with E-state index in [-0.39, 0.29) is 11.5 Å². The number of amides is 1. The van der Waals surface area contributed by atoms with Crippen LogP contribution >= 0.6 is 11.3 Å². The van der Waals surface area contributed by atoms with Gasteiger partial charge in [-0.3, -0.25) is 25.0 Å². The molecule has 0 unspecified atom stereocenters. The Morgan fingerprint density at radius 2 is 2.13 bits per heavy atom. The van der Waals surface area contributed by atoms with Crippen LogP contribution in [0.1, 0.15) is 22.3 Å². The van der Waals surface area contributed by atoms with Crippen LogP contribution in [0.25, 0.3) is 10.9 Å². The van der Waals surface area contributed by atoms with Crippen molar-refractivity contribution in [3.05, 3.63) is 50.7 Å². The fourth-order valence-corrected chi connectivity index (χ4v) is 2.94. The van der Waals surface area contributed by atoms with Gasteiger partial charge in [-0.2, -0.15) is 0 Å². The number of rotatable bonds is 4. The molecule has 0 saturated carbocycles. The summed E-state index contributed by atoms with van der Waals surface area (Å²) in [6.45, 7) is 4.05. The smallest absolute Gasteiger partial charge is 0.277 e. The van der Waals surface area contributed by atoms with E-state index in [1.165, 1.54) is 15.9 Å². The molecule has 3 aromatic rings. The molecule has 1 amide bonds. The largest absolute Gasteiger partial charge is 0.281 e. The number of benzene rings is 1. The highest BCUT2D eigenvalue weighted by atomic mass is 32.1. The van der Waals surface area contributed by atoms with Gasteiger partial charge in [0, 0.05) is 6.54 Å². The molecule has 0 saturated heterocycles. The van der Waals surface area contributed by atoms with Crippen LogP contribution in [0.4, 0.5) is 5.95 Å². The topological polar surface area (TPSA) is 88.9 Å². The summed E-state index contributed by atoms with van der Waals surface area (Å²) in [6, 6.07) is 7.11. The lowest BCUT2D eigenvalue weighted by Gasteiger charge is -2.13. The molecule has 23 heavy (non-hydrogen) atoms. The van der Waals surface area contributed by atoms with Crippen LogP contribution in [0, 0.1) is 6.92 Å². The Labute approximate surface area is 136 Å². The molecule has 0 aliphatic heterocycles. The number of fused-ring (bicyclic) bond motifs is 1. The molecule has 8 heteroatoms. The van der Waals surface area contributed by atoms with Gasteiger partial charge in [-0.1, -0.05) is 12.1 Å². The minimum Gasteiger partial charge on any atom is -0.277 e. The molecule has 0 atom stereocenters. The van der Waals surface area contributed by atoms with Gasteiger partial charge in [-0.25, -0.2) is 9.97 Å². The number of nitrogens with one attached hydrogen (secondary N) is 2. The molecule has 0 aliphatic carbocycles. The summed E-state index contributed by atoms with van der Waals surface area (Å²) < 4.78 is 1.47. The number of carbonyl (C=O) groups is 1. The summed E-state index contributed by atoms with van der Waals surface area (Å²) in [7, 11) is 0. The van der Waals surface area contributed by atoms with E-state index in [2.05, 4.69) is 20.8 Å². The Hall–Kier alpha value is -2.74. The predicted molar refractivity (Wildman–Crippen MR) is 89.6 cm³/mol. The second-order valence-electron chi connectivity index (χ2n) is 4.85. The monoisotopic (exact) mass is 329 g/mol. The third kappa shape index (κ3) is 2.80. The van der Waals surface area contributed by atoms with Gasteiger partial charge in [0.15, 0.2) is 0 Å². The van der Waals surface area contributed by atoms with E-state index < -0.39 is 0 Å². The quantitative estimate of drug-likeness (QED) is 0.714. The molecule has 3 rings (SSSR count). The molecule has 2 aromatic heterocycles. The Kier molecular flexibility index (Phi) is 4.07. The van der Waals surface area contributed by atoms with Crippen molar-refractivity contribution in [1.82, 2.24) is 20.0 Å². The Morgan fingerprint density at radius 1 is 1.35 bits per heavy atom. The molecule has 1 aromatic carbocycles. The molecule has 2 N–H and O–H groups in total. The van der Waals surface area contributed by atoms with Gasteiger partial charge in [-0.15, -0.1) is 11.3 Å². The normalized spacial score (nSPS) is 10.7. The third-order valence-corrected chi connectivity index (χ3v) is 4.34. The highest BCUT2D eigenvalue weighted by Gasteiger charge is 2.13. The van der Waals surface area contributed by atoms with E-state index >= 15 is 0 Å². The molecule has 118 valence electrons. The Balaban J connectivity index is 1.92. The molecule has 0 aliphatic rings. The van der Waals surface area contributed by atoms with E-state index in [1.54, 1.807) is 30.6 Å². The fourth-order valence-electron chi connectivity index (χ4n) is 2.25. The van der Waals surface area contributed by atoms with Crippen molar-refractivity contribution in [3.63, 3.8) is 0 Å². The number of carbonyl (C=O) groups excluding carboxylic acids is 1. The van der Waals surface area contributed by atoms with E-state index in [1.807, 2.05) is 13.0 Å². The summed E-state index contributed by atoms with van der Waals surface area (Å²) in [5.41, 5.74) is 8.01. The highest BCUT2D eigenvalue weighted by molar-refractivity contribution is 7.11.